The highest BCUT2D eigenvalue weighted by Gasteiger charge is 2.27. The molecule has 0 fully saturated rings. The smallest absolute Gasteiger partial charge is 0.181 e. The van der Waals surface area contributed by atoms with E-state index in [1.54, 1.807) is 0 Å². The number of aliphatic hydroxyl groups excluding tert-OH is 2. The average molecular weight is 168 g/mol. The highest BCUT2D eigenvalue weighted by Crippen LogP contribution is 2.33. The van der Waals surface area contributed by atoms with Crippen molar-refractivity contribution in [2.45, 2.75) is 19.1 Å². The first-order valence-electron chi connectivity index (χ1n) is 4.15. The Hall–Kier alpha value is -0.640. The van der Waals surface area contributed by atoms with E-state index in [1.165, 1.54) is 5.57 Å². The van der Waals surface area contributed by atoms with Crippen molar-refractivity contribution in [1.29, 1.82) is 0 Å². The number of allylic oxidation sites excluding steroid dienone is 1. The van der Waals surface area contributed by atoms with Gasteiger partial charge in [-0.3, -0.25) is 0 Å². The van der Waals surface area contributed by atoms with Gasteiger partial charge in [0.05, 0.1) is 13.2 Å². The quantitative estimate of drug-likeness (QED) is 0.593. The van der Waals surface area contributed by atoms with Gasteiger partial charge in [0.15, 0.2) is 6.29 Å². The normalized spacial score (nSPS) is 28.8. The van der Waals surface area contributed by atoms with Gasteiger partial charge < -0.3 is 14.9 Å². The van der Waals surface area contributed by atoms with E-state index in [2.05, 4.69) is 0 Å². The summed E-state index contributed by atoms with van der Waals surface area (Å²) < 4.78 is 5.07. The summed E-state index contributed by atoms with van der Waals surface area (Å²) in [7, 11) is 0. The summed E-state index contributed by atoms with van der Waals surface area (Å²) in [6.45, 7) is 0.589. The van der Waals surface area contributed by atoms with Crippen molar-refractivity contribution < 1.29 is 14.9 Å². The first-order valence-corrected chi connectivity index (χ1v) is 4.15. The minimum absolute atomic E-state index is 0.000741. The third kappa shape index (κ3) is 1.10. The first kappa shape index (κ1) is 7.98. The average Bonchev–Trinajstić information content (AvgIpc) is 2.49. The molecular weight excluding hydrogens is 156 g/mol. The van der Waals surface area contributed by atoms with Gasteiger partial charge in [-0.05, 0) is 18.4 Å². The standard InChI is InChI=1S/C9H12O3/c10-5-7-2-1-6-3-4-12-9(11)8(6)7/h2,9-11H,1,3-5H2. The monoisotopic (exact) mass is 168 g/mol. The van der Waals surface area contributed by atoms with E-state index in [9.17, 15) is 5.11 Å². The second-order valence-electron chi connectivity index (χ2n) is 3.08. The van der Waals surface area contributed by atoms with Gasteiger partial charge in [0.2, 0.25) is 0 Å². The van der Waals surface area contributed by atoms with E-state index in [4.69, 9.17) is 9.84 Å². The highest BCUT2D eigenvalue weighted by atomic mass is 16.6. The molecule has 2 aliphatic rings. The lowest BCUT2D eigenvalue weighted by molar-refractivity contribution is -0.0779. The van der Waals surface area contributed by atoms with Crippen molar-refractivity contribution in [2.75, 3.05) is 13.2 Å². The highest BCUT2D eigenvalue weighted by molar-refractivity contribution is 5.45. The number of rotatable bonds is 1. The zero-order valence-corrected chi connectivity index (χ0v) is 6.79. The molecule has 0 amide bonds. The molecule has 66 valence electrons. The van der Waals surface area contributed by atoms with Crippen LogP contribution in [0.1, 0.15) is 12.8 Å². The van der Waals surface area contributed by atoms with Crippen LogP contribution in [0.3, 0.4) is 0 Å². The molecule has 2 N–H and O–H groups in total. The van der Waals surface area contributed by atoms with Gasteiger partial charge >= 0.3 is 0 Å². The van der Waals surface area contributed by atoms with Crippen LogP contribution in [0.2, 0.25) is 0 Å². The van der Waals surface area contributed by atoms with E-state index < -0.39 is 6.29 Å². The second-order valence-corrected chi connectivity index (χ2v) is 3.08. The van der Waals surface area contributed by atoms with E-state index >= 15 is 0 Å². The fourth-order valence-electron chi connectivity index (χ4n) is 1.79. The summed E-state index contributed by atoms with van der Waals surface area (Å²) in [4.78, 5) is 0. The maximum Gasteiger partial charge on any atom is 0.181 e. The van der Waals surface area contributed by atoms with Crippen LogP contribution in [0.5, 0.6) is 0 Å². The topological polar surface area (TPSA) is 49.7 Å². The predicted octanol–water partition coefficient (Wildman–Crippen LogP) is 0.344. The van der Waals surface area contributed by atoms with Gasteiger partial charge in [0, 0.05) is 5.57 Å². The zero-order valence-electron chi connectivity index (χ0n) is 6.79. The molecule has 0 saturated carbocycles. The molecule has 1 heterocycles. The molecule has 0 aromatic heterocycles. The van der Waals surface area contributed by atoms with Gasteiger partial charge in [-0.15, -0.1) is 0 Å². The van der Waals surface area contributed by atoms with Crippen LogP contribution in [0.25, 0.3) is 0 Å². The Kier molecular flexibility index (Phi) is 2.00. The second kappa shape index (κ2) is 3.01. The Morgan fingerprint density at radius 1 is 1.58 bits per heavy atom. The molecule has 1 aliphatic heterocycles. The Morgan fingerprint density at radius 2 is 2.42 bits per heavy atom. The third-order valence-corrected chi connectivity index (χ3v) is 2.42. The molecular formula is C9H12O3. The molecule has 0 bridgehead atoms. The van der Waals surface area contributed by atoms with E-state index in [-0.39, 0.29) is 6.61 Å². The van der Waals surface area contributed by atoms with Gasteiger partial charge in [-0.25, -0.2) is 0 Å². The van der Waals surface area contributed by atoms with Crippen LogP contribution < -0.4 is 0 Å². The minimum Gasteiger partial charge on any atom is -0.392 e. The number of hydrogen-bond acceptors (Lipinski definition) is 3. The molecule has 0 radical (unpaired) electrons. The number of ether oxygens (including phenoxy) is 1. The van der Waals surface area contributed by atoms with Crippen molar-refractivity contribution in [2.24, 2.45) is 0 Å². The maximum atomic E-state index is 9.45. The van der Waals surface area contributed by atoms with Crippen molar-refractivity contribution in [3.8, 4) is 0 Å². The maximum absolute atomic E-state index is 9.45. The predicted molar refractivity (Wildman–Crippen MR) is 43.4 cm³/mol. The SMILES string of the molecule is OCC1=CCC2=C1C(O)OCC2. The first-order chi connectivity index (χ1) is 5.83. The fourth-order valence-corrected chi connectivity index (χ4v) is 1.79. The Balaban J connectivity index is 2.29. The van der Waals surface area contributed by atoms with Crippen LogP contribution in [0.4, 0.5) is 0 Å². The van der Waals surface area contributed by atoms with Gasteiger partial charge in [0.25, 0.3) is 0 Å². The summed E-state index contributed by atoms with van der Waals surface area (Å²) in [5.74, 6) is 0. The molecule has 2 rings (SSSR count). The van der Waals surface area contributed by atoms with E-state index in [0.29, 0.717) is 6.61 Å². The molecule has 0 aromatic rings. The molecule has 1 atom stereocenters. The van der Waals surface area contributed by atoms with Crippen molar-refractivity contribution in [3.63, 3.8) is 0 Å². The molecule has 1 aliphatic carbocycles. The molecule has 3 heteroatoms. The summed E-state index contributed by atoms with van der Waals surface area (Å²) in [6.07, 6.45) is 2.90. The Bertz CT molecular complexity index is 252. The van der Waals surface area contributed by atoms with Crippen LogP contribution in [0.15, 0.2) is 22.8 Å². The lowest BCUT2D eigenvalue weighted by Gasteiger charge is -2.22. The van der Waals surface area contributed by atoms with E-state index in [0.717, 1.165) is 24.0 Å². The largest absolute Gasteiger partial charge is 0.392 e. The minimum atomic E-state index is -0.811. The van der Waals surface area contributed by atoms with Gasteiger partial charge in [-0.1, -0.05) is 11.6 Å². The summed E-state index contributed by atoms with van der Waals surface area (Å²) in [5, 5.41) is 18.4. The van der Waals surface area contributed by atoms with Crippen molar-refractivity contribution in [1.82, 2.24) is 0 Å². The fraction of sp³-hybridized carbons (Fsp3) is 0.556. The molecule has 0 saturated heterocycles. The lowest BCUT2D eigenvalue weighted by Crippen LogP contribution is -2.22. The summed E-state index contributed by atoms with van der Waals surface area (Å²) in [6, 6.07) is 0. The summed E-state index contributed by atoms with van der Waals surface area (Å²) in [5.41, 5.74) is 2.87. The zero-order chi connectivity index (χ0) is 8.55. The number of hydrogen-bond donors (Lipinski definition) is 2. The Morgan fingerprint density at radius 3 is 3.17 bits per heavy atom. The van der Waals surface area contributed by atoms with E-state index in [1.807, 2.05) is 6.08 Å². The lowest BCUT2D eigenvalue weighted by atomic mass is 10.0. The van der Waals surface area contributed by atoms with Crippen LogP contribution in [0, 0.1) is 0 Å². The van der Waals surface area contributed by atoms with Crippen LogP contribution in [-0.4, -0.2) is 29.7 Å². The van der Waals surface area contributed by atoms with Gasteiger partial charge in [0.1, 0.15) is 0 Å². The molecule has 3 nitrogen and oxygen atoms in total. The molecule has 12 heavy (non-hydrogen) atoms. The van der Waals surface area contributed by atoms with Crippen molar-refractivity contribution >= 4 is 0 Å². The third-order valence-electron chi connectivity index (χ3n) is 2.42. The van der Waals surface area contributed by atoms with Crippen molar-refractivity contribution in [3.05, 3.63) is 22.8 Å². The van der Waals surface area contributed by atoms with Crippen LogP contribution in [-0.2, 0) is 4.74 Å². The van der Waals surface area contributed by atoms with Gasteiger partial charge in [-0.2, -0.15) is 0 Å². The number of aliphatic hydroxyl groups is 2. The molecule has 1 unspecified atom stereocenters. The molecule has 0 spiro atoms. The Labute approximate surface area is 71.0 Å². The van der Waals surface area contributed by atoms with Crippen LogP contribution >= 0.6 is 0 Å². The summed E-state index contributed by atoms with van der Waals surface area (Å²) >= 11 is 0. The molecule has 0 aromatic carbocycles.